The predicted octanol–water partition coefficient (Wildman–Crippen LogP) is 1.77. The highest BCUT2D eigenvalue weighted by Crippen LogP contribution is 2.26. The SMILES string of the molecule is Cc1ccc(N)c2c1c(C)nn2C. The number of hydrogen-bond donors (Lipinski definition) is 1. The van der Waals surface area contributed by atoms with E-state index in [2.05, 4.69) is 12.0 Å². The summed E-state index contributed by atoms with van der Waals surface area (Å²) in [4.78, 5) is 0. The van der Waals surface area contributed by atoms with Gasteiger partial charge in [0.25, 0.3) is 0 Å². The average Bonchev–Trinajstić information content (AvgIpc) is 2.36. The third-order valence-corrected chi connectivity index (χ3v) is 2.40. The number of aryl methyl sites for hydroxylation is 3. The first-order valence-corrected chi connectivity index (χ1v) is 4.29. The number of fused-ring (bicyclic) bond motifs is 1. The third-order valence-electron chi connectivity index (χ3n) is 2.40. The third kappa shape index (κ3) is 1.00. The van der Waals surface area contributed by atoms with Gasteiger partial charge in [-0.25, -0.2) is 0 Å². The fraction of sp³-hybridized carbons (Fsp3) is 0.300. The highest BCUT2D eigenvalue weighted by molar-refractivity contribution is 5.93. The molecule has 2 rings (SSSR count). The largest absolute Gasteiger partial charge is 0.397 e. The molecule has 0 unspecified atom stereocenters. The van der Waals surface area contributed by atoms with Gasteiger partial charge < -0.3 is 5.73 Å². The van der Waals surface area contributed by atoms with Crippen LogP contribution in [0.4, 0.5) is 5.69 Å². The zero-order chi connectivity index (χ0) is 9.59. The van der Waals surface area contributed by atoms with Crippen molar-refractivity contribution in [1.29, 1.82) is 0 Å². The Morgan fingerprint density at radius 3 is 2.62 bits per heavy atom. The molecule has 0 aliphatic heterocycles. The van der Waals surface area contributed by atoms with Gasteiger partial charge in [0.2, 0.25) is 0 Å². The van der Waals surface area contributed by atoms with Crippen LogP contribution < -0.4 is 5.73 Å². The van der Waals surface area contributed by atoms with Crippen molar-refractivity contribution in [2.75, 3.05) is 5.73 Å². The molecular formula is C10H13N3. The Labute approximate surface area is 77.2 Å². The monoisotopic (exact) mass is 175 g/mol. The molecule has 68 valence electrons. The molecular weight excluding hydrogens is 162 g/mol. The molecule has 13 heavy (non-hydrogen) atoms. The van der Waals surface area contributed by atoms with Gasteiger partial charge in [0.1, 0.15) is 0 Å². The molecule has 1 aromatic heterocycles. The number of nitrogen functional groups attached to an aromatic ring is 1. The molecule has 0 bridgehead atoms. The highest BCUT2D eigenvalue weighted by atomic mass is 15.3. The van der Waals surface area contributed by atoms with Crippen LogP contribution >= 0.6 is 0 Å². The Kier molecular flexibility index (Phi) is 1.55. The molecule has 0 saturated heterocycles. The fourth-order valence-electron chi connectivity index (χ4n) is 1.84. The van der Waals surface area contributed by atoms with Gasteiger partial charge in [0, 0.05) is 12.4 Å². The molecule has 0 amide bonds. The van der Waals surface area contributed by atoms with Crippen LogP contribution in [0.3, 0.4) is 0 Å². The van der Waals surface area contributed by atoms with E-state index in [4.69, 9.17) is 5.73 Å². The normalized spacial score (nSPS) is 11.0. The minimum Gasteiger partial charge on any atom is -0.397 e. The van der Waals surface area contributed by atoms with Crippen LogP contribution in [0.1, 0.15) is 11.3 Å². The van der Waals surface area contributed by atoms with Crippen molar-refractivity contribution in [3.63, 3.8) is 0 Å². The van der Waals surface area contributed by atoms with Crippen LogP contribution in [0.5, 0.6) is 0 Å². The Balaban J connectivity index is 3.03. The summed E-state index contributed by atoms with van der Waals surface area (Å²) >= 11 is 0. The van der Waals surface area contributed by atoms with Crippen molar-refractivity contribution in [2.45, 2.75) is 13.8 Å². The Bertz CT molecular complexity index is 426. The van der Waals surface area contributed by atoms with Crippen LogP contribution in [0.2, 0.25) is 0 Å². The zero-order valence-corrected chi connectivity index (χ0v) is 8.13. The van der Waals surface area contributed by atoms with Gasteiger partial charge in [0.15, 0.2) is 0 Å². The topological polar surface area (TPSA) is 43.8 Å². The number of aromatic nitrogens is 2. The standard InChI is InChI=1S/C10H13N3/c1-6-4-5-8(11)10-9(6)7(2)12-13(10)3/h4-5H,11H2,1-3H3. The number of rotatable bonds is 0. The van der Waals surface area contributed by atoms with E-state index in [-0.39, 0.29) is 0 Å². The Morgan fingerprint density at radius 2 is 2.00 bits per heavy atom. The molecule has 2 aromatic rings. The van der Waals surface area contributed by atoms with Crippen LogP contribution in [-0.4, -0.2) is 9.78 Å². The first-order valence-electron chi connectivity index (χ1n) is 4.29. The Morgan fingerprint density at radius 1 is 1.31 bits per heavy atom. The summed E-state index contributed by atoms with van der Waals surface area (Å²) in [5, 5.41) is 5.53. The van der Waals surface area contributed by atoms with Crippen LogP contribution in [0.15, 0.2) is 12.1 Å². The lowest BCUT2D eigenvalue weighted by atomic mass is 10.1. The lowest BCUT2D eigenvalue weighted by molar-refractivity contribution is 0.784. The molecule has 1 heterocycles. The number of anilines is 1. The predicted molar refractivity (Wildman–Crippen MR) is 54.6 cm³/mol. The molecule has 3 heteroatoms. The van der Waals surface area contributed by atoms with E-state index in [9.17, 15) is 0 Å². The van der Waals surface area contributed by atoms with Crippen molar-refractivity contribution < 1.29 is 0 Å². The summed E-state index contributed by atoms with van der Waals surface area (Å²) in [6.45, 7) is 4.09. The van der Waals surface area contributed by atoms with E-state index in [1.165, 1.54) is 10.9 Å². The van der Waals surface area contributed by atoms with Gasteiger partial charge in [0.05, 0.1) is 16.9 Å². The van der Waals surface area contributed by atoms with Crippen molar-refractivity contribution in [2.24, 2.45) is 7.05 Å². The summed E-state index contributed by atoms with van der Waals surface area (Å²) in [6.07, 6.45) is 0. The number of hydrogen-bond acceptors (Lipinski definition) is 2. The van der Waals surface area contributed by atoms with Gasteiger partial charge in [-0.3, -0.25) is 4.68 Å². The average molecular weight is 175 g/mol. The van der Waals surface area contributed by atoms with E-state index < -0.39 is 0 Å². The van der Waals surface area contributed by atoms with Crippen molar-refractivity contribution in [3.05, 3.63) is 23.4 Å². The van der Waals surface area contributed by atoms with E-state index in [1.54, 1.807) is 0 Å². The molecule has 0 radical (unpaired) electrons. The van der Waals surface area contributed by atoms with Gasteiger partial charge in [-0.1, -0.05) is 6.07 Å². The van der Waals surface area contributed by atoms with Crippen molar-refractivity contribution >= 4 is 16.6 Å². The molecule has 0 atom stereocenters. The summed E-state index contributed by atoms with van der Waals surface area (Å²) < 4.78 is 1.84. The van der Waals surface area contributed by atoms with E-state index in [0.717, 1.165) is 16.9 Å². The first kappa shape index (κ1) is 8.10. The van der Waals surface area contributed by atoms with Crippen LogP contribution in [0.25, 0.3) is 10.9 Å². The fourth-order valence-corrected chi connectivity index (χ4v) is 1.84. The minimum atomic E-state index is 0.795. The van der Waals surface area contributed by atoms with Crippen molar-refractivity contribution in [1.82, 2.24) is 9.78 Å². The minimum absolute atomic E-state index is 0.795. The number of benzene rings is 1. The van der Waals surface area contributed by atoms with Crippen molar-refractivity contribution in [3.8, 4) is 0 Å². The summed E-state index contributed by atoms with van der Waals surface area (Å²) in [5.41, 5.74) is 9.99. The first-order chi connectivity index (χ1) is 6.11. The summed E-state index contributed by atoms with van der Waals surface area (Å²) in [6, 6.07) is 3.96. The van der Waals surface area contributed by atoms with Gasteiger partial charge in [-0.05, 0) is 25.5 Å². The van der Waals surface area contributed by atoms with E-state index >= 15 is 0 Å². The maximum atomic E-state index is 5.88. The maximum absolute atomic E-state index is 5.88. The second-order valence-corrected chi connectivity index (χ2v) is 3.40. The molecule has 0 aliphatic rings. The lowest BCUT2D eigenvalue weighted by Gasteiger charge is -2.01. The lowest BCUT2D eigenvalue weighted by Crippen LogP contribution is -1.94. The Hall–Kier alpha value is -1.51. The smallest absolute Gasteiger partial charge is 0.0913 e. The summed E-state index contributed by atoms with van der Waals surface area (Å²) in [7, 11) is 1.92. The second kappa shape index (κ2) is 2.49. The van der Waals surface area contributed by atoms with Gasteiger partial charge in [-0.2, -0.15) is 5.10 Å². The highest BCUT2D eigenvalue weighted by Gasteiger charge is 2.09. The second-order valence-electron chi connectivity index (χ2n) is 3.40. The van der Waals surface area contributed by atoms with Crippen LogP contribution in [0, 0.1) is 13.8 Å². The molecule has 1 aromatic carbocycles. The zero-order valence-electron chi connectivity index (χ0n) is 8.13. The quantitative estimate of drug-likeness (QED) is 0.620. The van der Waals surface area contributed by atoms with E-state index in [1.807, 2.05) is 30.8 Å². The molecule has 0 saturated carbocycles. The number of nitrogens with zero attached hydrogens (tertiary/aromatic N) is 2. The molecule has 0 spiro atoms. The van der Waals surface area contributed by atoms with Gasteiger partial charge in [-0.15, -0.1) is 0 Å². The number of nitrogens with two attached hydrogens (primary N) is 1. The molecule has 3 nitrogen and oxygen atoms in total. The maximum Gasteiger partial charge on any atom is 0.0913 e. The molecule has 0 fully saturated rings. The van der Waals surface area contributed by atoms with E-state index in [0.29, 0.717) is 0 Å². The van der Waals surface area contributed by atoms with Crippen LogP contribution in [-0.2, 0) is 7.05 Å². The summed E-state index contributed by atoms with van der Waals surface area (Å²) in [5.74, 6) is 0. The molecule has 0 aliphatic carbocycles. The molecule has 2 N–H and O–H groups in total. The van der Waals surface area contributed by atoms with Gasteiger partial charge >= 0.3 is 0 Å².